The van der Waals surface area contributed by atoms with Crippen molar-refractivity contribution in [3.63, 3.8) is 0 Å². The van der Waals surface area contributed by atoms with Gasteiger partial charge in [-0.3, -0.25) is 4.79 Å². The van der Waals surface area contributed by atoms with Crippen molar-refractivity contribution in [1.29, 1.82) is 0 Å². The van der Waals surface area contributed by atoms with Crippen molar-refractivity contribution in [2.24, 2.45) is 5.10 Å². The van der Waals surface area contributed by atoms with Crippen LogP contribution in [0.25, 0.3) is 22.0 Å². The zero-order chi connectivity index (χ0) is 31.9. The number of aromatic amines is 1. The third-order valence-corrected chi connectivity index (χ3v) is 7.20. The number of methoxy groups -OCH3 is 1. The van der Waals surface area contributed by atoms with Crippen LogP contribution >= 0.6 is 11.6 Å². The number of halogens is 1. The van der Waals surface area contributed by atoms with E-state index in [1.165, 1.54) is 13.3 Å². The highest BCUT2D eigenvalue weighted by Crippen LogP contribution is 2.37. The number of esters is 1. The van der Waals surface area contributed by atoms with Gasteiger partial charge in [0, 0.05) is 27.1 Å². The van der Waals surface area contributed by atoms with Gasteiger partial charge in [0.05, 0.1) is 32.1 Å². The molecule has 0 saturated heterocycles. The van der Waals surface area contributed by atoms with Crippen molar-refractivity contribution >= 4 is 40.6 Å². The van der Waals surface area contributed by atoms with E-state index in [2.05, 4.69) is 15.5 Å². The number of amides is 1. The maximum Gasteiger partial charge on any atom is 0.343 e. The third-order valence-electron chi connectivity index (χ3n) is 6.87. The Hall–Kier alpha value is -5.28. The fourth-order valence-electron chi connectivity index (χ4n) is 4.83. The van der Waals surface area contributed by atoms with Gasteiger partial charge >= 0.3 is 5.97 Å². The molecular weight excluding hydrogens is 594 g/mol. The molecule has 0 fully saturated rings. The Kier molecular flexibility index (Phi) is 9.70. The number of carbonyl (C=O) groups is 2. The summed E-state index contributed by atoms with van der Waals surface area (Å²) < 4.78 is 22.3. The van der Waals surface area contributed by atoms with Gasteiger partial charge in [0.1, 0.15) is 5.69 Å². The standard InChI is InChI=1S/C35H32ClN3O6/c1-5-43-28-16-13-23(19-31(28)44-6-2)35(41)45-29-15-12-22(18-30(29)42-4)20-37-39-34(40)33-32(24-9-7-8-10-26(24)36)25-17-21(3)11-14-27(25)38-33/h7-20,38H,5-6H2,1-4H3,(H,39,40). The maximum atomic E-state index is 13.4. The number of aromatic nitrogens is 1. The van der Waals surface area contributed by atoms with Crippen molar-refractivity contribution < 1.29 is 28.5 Å². The summed E-state index contributed by atoms with van der Waals surface area (Å²) in [6, 6.07) is 23.1. The molecule has 0 unspecified atom stereocenters. The normalized spacial score (nSPS) is 11.0. The molecule has 0 saturated carbocycles. The van der Waals surface area contributed by atoms with E-state index in [0.29, 0.717) is 57.9 Å². The molecule has 5 rings (SSSR count). The zero-order valence-corrected chi connectivity index (χ0v) is 26.0. The van der Waals surface area contributed by atoms with Crippen molar-refractivity contribution in [2.45, 2.75) is 20.8 Å². The fourth-order valence-corrected chi connectivity index (χ4v) is 5.06. The fraction of sp³-hybridized carbons (Fsp3) is 0.171. The van der Waals surface area contributed by atoms with Crippen LogP contribution in [-0.2, 0) is 0 Å². The number of hydrogen-bond donors (Lipinski definition) is 2. The van der Waals surface area contributed by atoms with Crippen LogP contribution in [0.4, 0.5) is 0 Å². The monoisotopic (exact) mass is 625 g/mol. The van der Waals surface area contributed by atoms with Gasteiger partial charge in [0.25, 0.3) is 5.91 Å². The Labute approximate surface area is 265 Å². The van der Waals surface area contributed by atoms with E-state index in [1.807, 2.05) is 57.2 Å². The second-order valence-electron chi connectivity index (χ2n) is 9.93. The third kappa shape index (κ3) is 6.94. The number of H-pyrrole nitrogens is 1. The summed E-state index contributed by atoms with van der Waals surface area (Å²) in [7, 11) is 1.47. The number of hydrazone groups is 1. The number of aryl methyl sites for hydroxylation is 1. The Morgan fingerprint density at radius 3 is 2.40 bits per heavy atom. The summed E-state index contributed by atoms with van der Waals surface area (Å²) in [5.74, 6) is 0.498. The summed E-state index contributed by atoms with van der Waals surface area (Å²) in [6.45, 7) is 6.59. The van der Waals surface area contributed by atoms with Crippen LogP contribution < -0.4 is 24.4 Å². The molecule has 9 nitrogen and oxygen atoms in total. The van der Waals surface area contributed by atoms with E-state index >= 15 is 0 Å². The SMILES string of the molecule is CCOc1ccc(C(=O)Oc2ccc(C=NNC(=O)c3[nH]c4ccc(C)cc4c3-c3ccccc3Cl)cc2OC)cc1OCC. The highest BCUT2D eigenvalue weighted by Gasteiger charge is 2.21. The summed E-state index contributed by atoms with van der Waals surface area (Å²) in [5.41, 5.74) is 7.11. The first-order valence-electron chi connectivity index (χ1n) is 14.3. The number of benzene rings is 4. The Balaban J connectivity index is 1.33. The van der Waals surface area contributed by atoms with Gasteiger partial charge in [-0.15, -0.1) is 0 Å². The maximum absolute atomic E-state index is 13.4. The number of ether oxygens (including phenoxy) is 4. The lowest BCUT2D eigenvalue weighted by Crippen LogP contribution is -2.19. The quantitative estimate of drug-likeness (QED) is 0.0677. The van der Waals surface area contributed by atoms with Gasteiger partial charge in [-0.2, -0.15) is 5.10 Å². The summed E-state index contributed by atoms with van der Waals surface area (Å²) in [6.07, 6.45) is 1.47. The number of fused-ring (bicyclic) bond motifs is 1. The van der Waals surface area contributed by atoms with Crippen molar-refractivity contribution in [3.8, 4) is 34.1 Å². The molecule has 0 radical (unpaired) electrons. The first kappa shape index (κ1) is 31.2. The Morgan fingerprint density at radius 2 is 1.64 bits per heavy atom. The Morgan fingerprint density at radius 1 is 0.889 bits per heavy atom. The molecule has 1 amide bonds. The van der Waals surface area contributed by atoms with Gasteiger partial charge in [-0.1, -0.05) is 41.4 Å². The molecule has 5 aromatic rings. The summed E-state index contributed by atoms with van der Waals surface area (Å²) in [4.78, 5) is 29.5. The number of nitrogens with zero attached hydrogens (tertiary/aromatic N) is 1. The van der Waals surface area contributed by atoms with E-state index in [1.54, 1.807) is 42.5 Å². The lowest BCUT2D eigenvalue weighted by Gasteiger charge is -2.13. The van der Waals surface area contributed by atoms with Crippen LogP contribution in [0, 0.1) is 6.92 Å². The van der Waals surface area contributed by atoms with Gasteiger partial charge in [-0.25, -0.2) is 10.2 Å². The predicted molar refractivity (Wildman–Crippen MR) is 175 cm³/mol. The van der Waals surface area contributed by atoms with Crippen molar-refractivity contribution in [3.05, 3.63) is 106 Å². The largest absolute Gasteiger partial charge is 0.493 e. The molecule has 0 aliphatic heterocycles. The van der Waals surface area contributed by atoms with E-state index in [4.69, 9.17) is 30.5 Å². The molecule has 4 aromatic carbocycles. The predicted octanol–water partition coefficient (Wildman–Crippen LogP) is 7.59. The number of rotatable bonds is 11. The van der Waals surface area contributed by atoms with E-state index in [9.17, 15) is 9.59 Å². The minimum Gasteiger partial charge on any atom is -0.493 e. The Bertz CT molecular complexity index is 1900. The summed E-state index contributed by atoms with van der Waals surface area (Å²) >= 11 is 6.53. The van der Waals surface area contributed by atoms with Crippen LogP contribution in [0.3, 0.4) is 0 Å². The van der Waals surface area contributed by atoms with E-state index in [0.717, 1.165) is 22.0 Å². The molecule has 45 heavy (non-hydrogen) atoms. The molecule has 1 heterocycles. The second-order valence-corrected chi connectivity index (χ2v) is 10.3. The molecule has 0 spiro atoms. The smallest absolute Gasteiger partial charge is 0.343 e. The van der Waals surface area contributed by atoms with Crippen LogP contribution in [0.2, 0.25) is 5.02 Å². The lowest BCUT2D eigenvalue weighted by atomic mass is 10.0. The first-order chi connectivity index (χ1) is 21.8. The highest BCUT2D eigenvalue weighted by molar-refractivity contribution is 6.34. The van der Waals surface area contributed by atoms with Gasteiger partial charge < -0.3 is 23.9 Å². The molecule has 1 aromatic heterocycles. The van der Waals surface area contributed by atoms with Crippen LogP contribution in [0.5, 0.6) is 23.0 Å². The van der Waals surface area contributed by atoms with Crippen molar-refractivity contribution in [1.82, 2.24) is 10.4 Å². The lowest BCUT2D eigenvalue weighted by molar-refractivity contribution is 0.0728. The molecule has 0 aliphatic carbocycles. The minimum atomic E-state index is -0.589. The zero-order valence-electron chi connectivity index (χ0n) is 25.3. The van der Waals surface area contributed by atoms with Crippen molar-refractivity contribution in [2.75, 3.05) is 20.3 Å². The molecular formula is C35H32ClN3O6. The molecule has 0 atom stereocenters. The molecule has 10 heteroatoms. The van der Waals surface area contributed by atoms with Gasteiger partial charge in [0.15, 0.2) is 23.0 Å². The van der Waals surface area contributed by atoms with Gasteiger partial charge in [-0.05, 0) is 80.9 Å². The van der Waals surface area contributed by atoms with Crippen LogP contribution in [-0.4, -0.2) is 43.4 Å². The van der Waals surface area contributed by atoms with E-state index in [-0.39, 0.29) is 5.75 Å². The van der Waals surface area contributed by atoms with Crippen LogP contribution in [0.1, 0.15) is 45.8 Å². The molecule has 230 valence electrons. The molecule has 0 aliphatic rings. The first-order valence-corrected chi connectivity index (χ1v) is 14.7. The minimum absolute atomic E-state index is 0.216. The molecule has 0 bridgehead atoms. The average molecular weight is 626 g/mol. The van der Waals surface area contributed by atoms with Crippen LogP contribution in [0.15, 0.2) is 84.0 Å². The van der Waals surface area contributed by atoms with Gasteiger partial charge in [0.2, 0.25) is 0 Å². The number of nitrogens with one attached hydrogen (secondary N) is 2. The number of carbonyl (C=O) groups excluding carboxylic acids is 2. The topological polar surface area (TPSA) is 111 Å². The molecule has 2 N–H and O–H groups in total. The number of hydrogen-bond acceptors (Lipinski definition) is 7. The highest BCUT2D eigenvalue weighted by atomic mass is 35.5. The van der Waals surface area contributed by atoms with E-state index < -0.39 is 11.9 Å². The summed E-state index contributed by atoms with van der Waals surface area (Å²) in [5, 5.41) is 5.57. The second kappa shape index (κ2) is 14.0. The average Bonchev–Trinajstić information content (AvgIpc) is 3.41.